The van der Waals surface area contributed by atoms with Crippen molar-refractivity contribution in [1.29, 1.82) is 0 Å². The molecule has 0 spiro atoms. The number of fused-ring (bicyclic) bond motifs is 1. The number of imide groups is 1. The fourth-order valence-corrected chi connectivity index (χ4v) is 4.47. The number of nitrogens with one attached hydrogen (secondary N) is 1. The van der Waals surface area contributed by atoms with Crippen LogP contribution in [0.15, 0.2) is 36.4 Å². The van der Waals surface area contributed by atoms with Crippen molar-refractivity contribution in [1.82, 2.24) is 15.1 Å². The van der Waals surface area contributed by atoms with Crippen LogP contribution in [-0.2, 0) is 25.7 Å². The molecule has 7 nitrogen and oxygen atoms in total. The number of benzene rings is 1. The van der Waals surface area contributed by atoms with Gasteiger partial charge in [0.25, 0.3) is 0 Å². The zero-order valence-electron chi connectivity index (χ0n) is 18.7. The minimum Gasteiger partial charge on any atom is -0.352 e. The molecule has 1 aliphatic carbocycles. The first kappa shape index (κ1) is 24.0. The van der Waals surface area contributed by atoms with Crippen molar-refractivity contribution in [3.8, 4) is 0 Å². The van der Waals surface area contributed by atoms with Crippen molar-refractivity contribution >= 4 is 35.2 Å². The van der Waals surface area contributed by atoms with Crippen LogP contribution in [0.1, 0.15) is 45.6 Å². The highest BCUT2D eigenvalue weighted by atomic mass is 35.5. The Morgan fingerprint density at radius 3 is 2.31 bits per heavy atom. The largest absolute Gasteiger partial charge is 0.352 e. The van der Waals surface area contributed by atoms with Crippen LogP contribution in [0.3, 0.4) is 0 Å². The highest BCUT2D eigenvalue weighted by molar-refractivity contribution is 6.30. The van der Waals surface area contributed by atoms with Gasteiger partial charge in [-0.2, -0.15) is 0 Å². The molecule has 3 rings (SSSR count). The topological polar surface area (TPSA) is 86.8 Å². The zero-order chi connectivity index (χ0) is 23.4. The molecule has 4 amide bonds. The fraction of sp³-hybridized carbons (Fsp3) is 0.500. The third-order valence-corrected chi connectivity index (χ3v) is 6.22. The molecule has 32 heavy (non-hydrogen) atoms. The van der Waals surface area contributed by atoms with E-state index in [9.17, 15) is 19.2 Å². The van der Waals surface area contributed by atoms with E-state index in [1.165, 1.54) is 9.80 Å². The summed E-state index contributed by atoms with van der Waals surface area (Å²) in [5, 5.41) is 3.38. The molecule has 1 heterocycles. The number of halogens is 1. The van der Waals surface area contributed by atoms with Crippen molar-refractivity contribution < 1.29 is 19.2 Å². The first-order valence-electron chi connectivity index (χ1n) is 11.0. The highest BCUT2D eigenvalue weighted by Gasteiger charge is 2.47. The summed E-state index contributed by atoms with van der Waals surface area (Å²) in [6.45, 7) is 5.60. The Labute approximate surface area is 193 Å². The van der Waals surface area contributed by atoms with Crippen molar-refractivity contribution in [3.05, 3.63) is 47.0 Å². The molecule has 1 saturated heterocycles. The van der Waals surface area contributed by atoms with Gasteiger partial charge in [0.05, 0.1) is 11.8 Å². The van der Waals surface area contributed by atoms with E-state index in [1.54, 1.807) is 25.1 Å². The Kier molecular flexibility index (Phi) is 7.72. The average molecular weight is 460 g/mol. The predicted octanol–water partition coefficient (Wildman–Crippen LogP) is 2.92. The number of rotatable bonds is 8. The van der Waals surface area contributed by atoms with Gasteiger partial charge in [0, 0.05) is 30.6 Å². The lowest BCUT2D eigenvalue weighted by Gasteiger charge is -2.30. The Morgan fingerprint density at radius 1 is 1.12 bits per heavy atom. The van der Waals surface area contributed by atoms with Crippen LogP contribution in [0, 0.1) is 11.8 Å². The summed E-state index contributed by atoms with van der Waals surface area (Å²) in [5.41, 5.74) is 0.792. The molecule has 1 aromatic carbocycles. The summed E-state index contributed by atoms with van der Waals surface area (Å²) < 4.78 is 0. The Bertz CT molecular complexity index is 904. The van der Waals surface area contributed by atoms with Gasteiger partial charge in [-0.1, -0.05) is 35.9 Å². The number of allylic oxidation sites excluding steroid dienone is 2. The van der Waals surface area contributed by atoms with E-state index in [4.69, 9.17) is 11.6 Å². The molecule has 0 radical (unpaired) electrons. The molecule has 1 N–H and O–H groups in total. The van der Waals surface area contributed by atoms with Crippen LogP contribution < -0.4 is 5.32 Å². The second-order valence-corrected chi connectivity index (χ2v) is 9.16. The number of likely N-dealkylation sites (tertiary alicyclic amines) is 1. The van der Waals surface area contributed by atoms with Gasteiger partial charge in [-0.3, -0.25) is 24.1 Å². The van der Waals surface area contributed by atoms with E-state index in [0.717, 1.165) is 5.56 Å². The smallest absolute Gasteiger partial charge is 0.242 e. The van der Waals surface area contributed by atoms with Gasteiger partial charge in [-0.25, -0.2) is 0 Å². The van der Waals surface area contributed by atoms with Gasteiger partial charge in [0.15, 0.2) is 0 Å². The number of hydrogen-bond donors (Lipinski definition) is 1. The second kappa shape index (κ2) is 10.3. The van der Waals surface area contributed by atoms with Gasteiger partial charge in [0.1, 0.15) is 6.04 Å². The van der Waals surface area contributed by atoms with Crippen LogP contribution in [0.25, 0.3) is 0 Å². The molecule has 2 aliphatic rings. The second-order valence-electron chi connectivity index (χ2n) is 8.72. The van der Waals surface area contributed by atoms with Gasteiger partial charge in [-0.15, -0.1) is 0 Å². The van der Waals surface area contributed by atoms with Crippen LogP contribution in [0.4, 0.5) is 0 Å². The van der Waals surface area contributed by atoms with E-state index in [1.807, 2.05) is 32.1 Å². The summed E-state index contributed by atoms with van der Waals surface area (Å²) in [4.78, 5) is 53.9. The quantitative estimate of drug-likeness (QED) is 0.478. The van der Waals surface area contributed by atoms with E-state index in [-0.39, 0.29) is 61.0 Å². The number of carbonyl (C=O) groups excluding carboxylic acids is 4. The van der Waals surface area contributed by atoms with Gasteiger partial charge in [0.2, 0.25) is 23.6 Å². The van der Waals surface area contributed by atoms with Crippen LogP contribution in [-0.4, -0.2) is 52.1 Å². The van der Waals surface area contributed by atoms with Crippen molar-refractivity contribution in [2.45, 2.75) is 58.7 Å². The Hall–Kier alpha value is -2.67. The first-order valence-corrected chi connectivity index (χ1v) is 11.4. The average Bonchev–Trinajstić information content (AvgIpc) is 2.99. The summed E-state index contributed by atoms with van der Waals surface area (Å²) in [7, 11) is 0. The lowest BCUT2D eigenvalue weighted by Crippen LogP contribution is -2.49. The summed E-state index contributed by atoms with van der Waals surface area (Å²) in [6.07, 6.45) is 4.95. The van der Waals surface area contributed by atoms with Gasteiger partial charge in [-0.05, 0) is 51.3 Å². The molecule has 1 fully saturated rings. The molecule has 1 aromatic rings. The van der Waals surface area contributed by atoms with E-state index in [2.05, 4.69) is 5.32 Å². The molecule has 3 atom stereocenters. The third-order valence-electron chi connectivity index (χ3n) is 5.99. The Balaban J connectivity index is 1.72. The van der Waals surface area contributed by atoms with Gasteiger partial charge >= 0.3 is 0 Å². The standard InChI is InChI=1S/C24H30ClN3O4/c1-15(2)26-22(30)16(3)28(14-17-7-6-8-18(25)13-17)21(29)11-12-27-23(31)19-9-4-5-10-20(19)24(27)32/h4-8,13,15-16,19-20H,9-12,14H2,1-3H3,(H,26,30)/t16-,19-,20+/m0/s1. The number of carbonyl (C=O) groups is 4. The molecule has 0 bridgehead atoms. The predicted molar refractivity (Wildman–Crippen MR) is 121 cm³/mol. The number of hydrogen-bond acceptors (Lipinski definition) is 4. The molecule has 8 heteroatoms. The molecule has 0 aromatic heterocycles. The summed E-state index contributed by atoms with van der Waals surface area (Å²) >= 11 is 6.09. The normalized spacial score (nSPS) is 21.0. The third kappa shape index (κ3) is 5.38. The minimum atomic E-state index is -0.722. The van der Waals surface area contributed by atoms with E-state index < -0.39 is 6.04 Å². The van der Waals surface area contributed by atoms with Gasteiger partial charge < -0.3 is 10.2 Å². The number of nitrogens with zero attached hydrogens (tertiary/aromatic N) is 2. The first-order chi connectivity index (χ1) is 15.2. The van der Waals surface area contributed by atoms with Crippen LogP contribution in [0.2, 0.25) is 5.02 Å². The van der Waals surface area contributed by atoms with E-state index in [0.29, 0.717) is 17.9 Å². The van der Waals surface area contributed by atoms with Crippen molar-refractivity contribution in [2.75, 3.05) is 6.54 Å². The lowest BCUT2D eigenvalue weighted by molar-refractivity contribution is -0.143. The van der Waals surface area contributed by atoms with E-state index >= 15 is 0 Å². The number of amides is 4. The molecule has 0 saturated carbocycles. The fourth-order valence-electron chi connectivity index (χ4n) is 4.26. The Morgan fingerprint density at radius 2 is 1.75 bits per heavy atom. The zero-order valence-corrected chi connectivity index (χ0v) is 19.5. The highest BCUT2D eigenvalue weighted by Crippen LogP contribution is 2.35. The van der Waals surface area contributed by atoms with Crippen molar-refractivity contribution in [3.63, 3.8) is 0 Å². The van der Waals surface area contributed by atoms with Crippen LogP contribution >= 0.6 is 11.6 Å². The molecule has 1 aliphatic heterocycles. The molecular weight excluding hydrogens is 430 g/mol. The lowest BCUT2D eigenvalue weighted by atomic mass is 9.85. The molecule has 0 unspecified atom stereocenters. The van der Waals surface area contributed by atoms with Crippen molar-refractivity contribution in [2.24, 2.45) is 11.8 Å². The monoisotopic (exact) mass is 459 g/mol. The summed E-state index contributed by atoms with van der Waals surface area (Å²) in [5.74, 6) is -1.61. The maximum atomic E-state index is 13.2. The SMILES string of the molecule is CC(C)NC(=O)[C@H](C)N(Cc1cccc(Cl)c1)C(=O)CCN1C(=O)[C@H]2CC=CC[C@H]2C1=O. The maximum absolute atomic E-state index is 13.2. The molecular formula is C24H30ClN3O4. The molecule has 172 valence electrons. The van der Waals surface area contributed by atoms with Crippen LogP contribution in [0.5, 0.6) is 0 Å². The summed E-state index contributed by atoms with van der Waals surface area (Å²) in [6, 6.07) is 6.33. The maximum Gasteiger partial charge on any atom is 0.242 e. The minimum absolute atomic E-state index is 0.0219.